The molecule has 0 radical (unpaired) electrons. The fourth-order valence-corrected chi connectivity index (χ4v) is 1.70. The van der Waals surface area contributed by atoms with Crippen LogP contribution in [0.15, 0.2) is 11.1 Å². The van der Waals surface area contributed by atoms with Crippen LogP contribution in [-0.2, 0) is 9.59 Å². The maximum absolute atomic E-state index is 12.6. The lowest BCUT2D eigenvalue weighted by Crippen LogP contribution is -2.47. The predicted molar refractivity (Wildman–Crippen MR) is 52.1 cm³/mol. The number of aliphatic carboxylic acids is 2. The van der Waals surface area contributed by atoms with E-state index >= 15 is 0 Å². The summed E-state index contributed by atoms with van der Waals surface area (Å²) in [5.74, 6) is -9.80. The molecule has 0 amide bonds. The first-order valence-corrected chi connectivity index (χ1v) is 5.32. The Labute approximate surface area is 115 Å². The molecule has 0 rings (SSSR count). The number of alkyl halides is 6. The number of carbonyl (C=O) groups is 2. The van der Waals surface area contributed by atoms with Crippen LogP contribution in [0, 0.1) is 11.3 Å². The van der Waals surface area contributed by atoms with E-state index in [9.17, 15) is 46.1 Å². The van der Waals surface area contributed by atoms with Crippen LogP contribution >= 0.6 is 0 Å². The van der Waals surface area contributed by atoms with Gasteiger partial charge in [0.05, 0.1) is 11.9 Å². The smallest absolute Gasteiger partial charge is 0.404 e. The highest BCUT2D eigenvalue weighted by Gasteiger charge is 2.59. The van der Waals surface area contributed by atoms with Crippen molar-refractivity contribution < 1.29 is 46.1 Å². The Morgan fingerprint density at radius 2 is 1.14 bits per heavy atom. The van der Waals surface area contributed by atoms with E-state index in [0.29, 0.717) is 0 Å². The number of carboxylic acids is 2. The minimum absolute atomic E-state index is 0.935. The van der Waals surface area contributed by atoms with Crippen molar-refractivity contribution in [3.8, 4) is 0 Å². The summed E-state index contributed by atoms with van der Waals surface area (Å²) >= 11 is 0. The first-order valence-electron chi connectivity index (χ1n) is 5.32. The summed E-state index contributed by atoms with van der Waals surface area (Å²) in [7, 11) is 0. The van der Waals surface area contributed by atoms with Crippen molar-refractivity contribution in [3.63, 3.8) is 0 Å². The van der Waals surface area contributed by atoms with Crippen molar-refractivity contribution in [2.45, 2.75) is 33.1 Å². The number of rotatable bonds is 3. The van der Waals surface area contributed by atoms with Crippen molar-refractivity contribution >= 4 is 11.9 Å². The first kappa shape index (κ1) is 19.3. The molecule has 0 heterocycles. The Bertz CT molecular complexity index is 453. The highest BCUT2D eigenvalue weighted by Crippen LogP contribution is 2.46. The highest BCUT2D eigenvalue weighted by atomic mass is 19.4. The van der Waals surface area contributed by atoms with E-state index in [-0.39, 0.29) is 0 Å². The third-order valence-electron chi connectivity index (χ3n) is 2.39. The second-order valence-electron chi connectivity index (χ2n) is 5.13. The Hall–Kier alpha value is -1.74. The SMILES string of the molecule is CC(C)(C)C(C(=O)[O-])=C(C(=O)[O-])C(C(F)(F)F)C(F)(F)F. The molecule has 0 aliphatic heterocycles. The molecule has 0 spiro atoms. The van der Waals surface area contributed by atoms with Crippen molar-refractivity contribution in [1.82, 2.24) is 0 Å². The summed E-state index contributed by atoms with van der Waals surface area (Å²) in [6, 6.07) is 0. The molecule has 0 N–H and O–H groups in total. The summed E-state index contributed by atoms with van der Waals surface area (Å²) in [4.78, 5) is 21.6. The van der Waals surface area contributed by atoms with Gasteiger partial charge in [-0.25, -0.2) is 0 Å². The van der Waals surface area contributed by atoms with Gasteiger partial charge in [0, 0.05) is 5.57 Å². The molecule has 0 aliphatic rings. The highest BCUT2D eigenvalue weighted by molar-refractivity contribution is 5.98. The monoisotopic (exact) mass is 320 g/mol. The van der Waals surface area contributed by atoms with Crippen LogP contribution in [0.1, 0.15) is 20.8 Å². The molecule has 0 aromatic heterocycles. The van der Waals surface area contributed by atoms with E-state index in [2.05, 4.69) is 0 Å². The Balaban J connectivity index is 6.71. The quantitative estimate of drug-likeness (QED) is 0.562. The van der Waals surface area contributed by atoms with E-state index in [1.54, 1.807) is 0 Å². The van der Waals surface area contributed by atoms with Gasteiger partial charge in [-0.05, 0) is 11.0 Å². The second kappa shape index (κ2) is 5.57. The zero-order valence-electron chi connectivity index (χ0n) is 11.0. The summed E-state index contributed by atoms with van der Waals surface area (Å²) in [5.41, 5.74) is -5.87. The van der Waals surface area contributed by atoms with Gasteiger partial charge in [-0.3, -0.25) is 0 Å². The molecule has 0 aromatic carbocycles. The van der Waals surface area contributed by atoms with Gasteiger partial charge >= 0.3 is 12.4 Å². The molecule has 0 saturated carbocycles. The molecule has 0 unspecified atom stereocenters. The number of hydrogen-bond donors (Lipinski definition) is 0. The summed E-state index contributed by atoms with van der Waals surface area (Å²) in [6.45, 7) is 2.81. The van der Waals surface area contributed by atoms with Gasteiger partial charge < -0.3 is 19.8 Å². The van der Waals surface area contributed by atoms with Crippen LogP contribution in [0.3, 0.4) is 0 Å². The molecule has 0 aliphatic carbocycles. The number of hydrogen-bond acceptors (Lipinski definition) is 4. The van der Waals surface area contributed by atoms with Gasteiger partial charge in [0.1, 0.15) is 0 Å². The molecule has 0 bridgehead atoms. The number of carboxylic acid groups (broad SMARTS) is 2. The fraction of sp³-hybridized carbons (Fsp3) is 0.636. The first-order chi connectivity index (χ1) is 9.01. The lowest BCUT2D eigenvalue weighted by atomic mass is 9.79. The average molecular weight is 320 g/mol. The summed E-state index contributed by atoms with van der Waals surface area (Å²) in [6.07, 6.45) is -12.1. The fourth-order valence-electron chi connectivity index (χ4n) is 1.70. The zero-order valence-corrected chi connectivity index (χ0v) is 11.0. The van der Waals surface area contributed by atoms with E-state index in [1.165, 1.54) is 0 Å². The van der Waals surface area contributed by atoms with Gasteiger partial charge in [-0.15, -0.1) is 0 Å². The van der Waals surface area contributed by atoms with Crippen LogP contribution in [-0.4, -0.2) is 24.3 Å². The average Bonchev–Trinajstić information content (AvgIpc) is 2.08. The number of halogens is 6. The standard InChI is InChI=1S/C11H12F6O4/c1-9(2,3)5(8(20)21)4(7(18)19)6(10(12,13)14)11(15,16)17/h6H,1-3H3,(H,18,19)(H,20,21)/p-2. The Morgan fingerprint density at radius 3 is 1.29 bits per heavy atom. The minimum Gasteiger partial charge on any atom is -0.545 e. The van der Waals surface area contributed by atoms with Gasteiger partial charge in [-0.2, -0.15) is 26.3 Å². The molecule has 10 heteroatoms. The largest absolute Gasteiger partial charge is 0.545 e. The Morgan fingerprint density at radius 1 is 0.810 bits per heavy atom. The lowest BCUT2D eigenvalue weighted by Gasteiger charge is -2.33. The van der Waals surface area contributed by atoms with E-state index in [4.69, 9.17) is 0 Å². The van der Waals surface area contributed by atoms with Crippen LogP contribution < -0.4 is 10.2 Å². The topological polar surface area (TPSA) is 80.3 Å². The second-order valence-corrected chi connectivity index (χ2v) is 5.13. The van der Waals surface area contributed by atoms with Crippen molar-refractivity contribution in [2.75, 3.05) is 0 Å². The minimum atomic E-state index is -6.06. The van der Waals surface area contributed by atoms with Crippen LogP contribution in [0.4, 0.5) is 26.3 Å². The van der Waals surface area contributed by atoms with Crippen molar-refractivity contribution in [2.24, 2.45) is 11.3 Å². The van der Waals surface area contributed by atoms with Crippen molar-refractivity contribution in [3.05, 3.63) is 11.1 Å². The normalized spacial score (nSPS) is 15.0. The van der Waals surface area contributed by atoms with Gasteiger partial charge in [0.2, 0.25) is 0 Å². The molecule has 0 aromatic rings. The molecule has 0 fully saturated rings. The third kappa shape index (κ3) is 4.64. The molecular weight excluding hydrogens is 310 g/mol. The maximum atomic E-state index is 12.6. The molecule has 122 valence electrons. The van der Waals surface area contributed by atoms with Crippen LogP contribution in [0.5, 0.6) is 0 Å². The molecule has 0 saturated heterocycles. The summed E-state index contributed by atoms with van der Waals surface area (Å²) < 4.78 is 75.5. The molecular formula is C11H10F6O4-2. The van der Waals surface area contributed by atoms with Crippen LogP contribution in [0.25, 0.3) is 0 Å². The molecule has 21 heavy (non-hydrogen) atoms. The van der Waals surface area contributed by atoms with Crippen LogP contribution in [0.2, 0.25) is 0 Å². The van der Waals surface area contributed by atoms with E-state index in [1.807, 2.05) is 0 Å². The lowest BCUT2D eigenvalue weighted by molar-refractivity contribution is -0.314. The van der Waals surface area contributed by atoms with Crippen molar-refractivity contribution in [1.29, 1.82) is 0 Å². The van der Waals surface area contributed by atoms with Gasteiger partial charge in [0.25, 0.3) is 0 Å². The summed E-state index contributed by atoms with van der Waals surface area (Å²) in [5, 5.41) is 21.6. The molecule has 4 nitrogen and oxygen atoms in total. The van der Waals surface area contributed by atoms with E-state index in [0.717, 1.165) is 20.8 Å². The zero-order chi connectivity index (χ0) is 17.4. The third-order valence-corrected chi connectivity index (χ3v) is 2.39. The molecule has 0 atom stereocenters. The van der Waals surface area contributed by atoms with Gasteiger partial charge in [-0.1, -0.05) is 20.8 Å². The maximum Gasteiger partial charge on any atom is 0.404 e. The van der Waals surface area contributed by atoms with Gasteiger partial charge in [0.15, 0.2) is 5.92 Å². The number of carbonyl (C=O) groups excluding carboxylic acids is 2. The van der Waals surface area contributed by atoms with E-state index < -0.39 is 46.8 Å². The Kier molecular flexibility index (Phi) is 5.11. The predicted octanol–water partition coefficient (Wildman–Crippen LogP) is 0.570.